The van der Waals surface area contributed by atoms with Gasteiger partial charge in [-0.05, 0) is 36.5 Å². The Morgan fingerprint density at radius 1 is 1.22 bits per heavy atom. The molecule has 0 unspecified atom stereocenters. The van der Waals surface area contributed by atoms with Crippen molar-refractivity contribution in [3.05, 3.63) is 59.7 Å². The van der Waals surface area contributed by atoms with E-state index < -0.39 is 0 Å². The molecule has 2 N–H and O–H groups in total. The van der Waals surface area contributed by atoms with Gasteiger partial charge < -0.3 is 15.2 Å². The Morgan fingerprint density at radius 3 is 2.87 bits per heavy atom. The number of pyridine rings is 1. The van der Waals surface area contributed by atoms with Crippen molar-refractivity contribution in [2.45, 2.75) is 6.54 Å². The lowest BCUT2D eigenvalue weighted by atomic mass is 10.2. The monoisotopic (exact) mass is 345 g/mol. The quantitative estimate of drug-likeness (QED) is 0.703. The molecule has 0 atom stereocenters. The molecule has 116 valence electrons. The van der Waals surface area contributed by atoms with Gasteiger partial charge in [-0.25, -0.2) is 0 Å². The zero-order valence-electron chi connectivity index (χ0n) is 11.9. The van der Waals surface area contributed by atoms with E-state index in [9.17, 15) is 0 Å². The van der Waals surface area contributed by atoms with Gasteiger partial charge in [-0.3, -0.25) is 4.98 Å². The second kappa shape index (κ2) is 7.17. The maximum Gasteiger partial charge on any atom is 0.246 e. The molecule has 8 heteroatoms. The second-order valence-corrected chi connectivity index (χ2v) is 5.36. The zero-order valence-corrected chi connectivity index (χ0v) is 13.4. The van der Waals surface area contributed by atoms with E-state index in [0.717, 1.165) is 11.3 Å². The normalized spacial score (nSPS) is 10.3. The van der Waals surface area contributed by atoms with Crippen molar-refractivity contribution >= 4 is 34.6 Å². The molecule has 3 rings (SSSR count). The van der Waals surface area contributed by atoms with Crippen LogP contribution in [0, 0.1) is 0 Å². The molecule has 0 spiro atoms. The van der Waals surface area contributed by atoms with E-state index in [1.165, 1.54) is 0 Å². The molecule has 0 aliphatic rings. The summed E-state index contributed by atoms with van der Waals surface area (Å²) in [4.78, 5) is 8.29. The minimum absolute atomic E-state index is 0.309. The third-order valence-electron chi connectivity index (χ3n) is 2.90. The average molecular weight is 346 g/mol. The molecule has 1 aromatic carbocycles. The first-order valence-corrected chi connectivity index (χ1v) is 7.53. The molecular weight excluding hydrogens is 334 g/mol. The van der Waals surface area contributed by atoms with E-state index in [4.69, 9.17) is 28.3 Å². The predicted octanol–water partition coefficient (Wildman–Crippen LogP) is 3.27. The predicted molar refractivity (Wildman–Crippen MR) is 92.0 cm³/mol. The molecule has 0 fully saturated rings. The van der Waals surface area contributed by atoms with Crippen LogP contribution < -0.4 is 10.6 Å². The zero-order chi connectivity index (χ0) is 16.1. The molecule has 0 bridgehead atoms. The number of anilines is 1. The third kappa shape index (κ3) is 4.02. The Kier molecular flexibility index (Phi) is 4.80. The molecule has 0 amide bonds. The van der Waals surface area contributed by atoms with E-state index >= 15 is 0 Å². The SMILES string of the molecule is S=C(NCc1nc(-c2ccccc2Cl)no1)Nc1cccnc1. The molecule has 23 heavy (non-hydrogen) atoms. The van der Waals surface area contributed by atoms with Crippen LogP contribution in [0.15, 0.2) is 53.3 Å². The molecule has 2 aromatic heterocycles. The van der Waals surface area contributed by atoms with Gasteiger partial charge in [0.25, 0.3) is 0 Å². The molecule has 0 aliphatic carbocycles. The number of halogens is 1. The van der Waals surface area contributed by atoms with Crippen LogP contribution in [0.5, 0.6) is 0 Å². The minimum atomic E-state index is 0.309. The van der Waals surface area contributed by atoms with Crippen LogP contribution >= 0.6 is 23.8 Å². The van der Waals surface area contributed by atoms with Gasteiger partial charge in [0.1, 0.15) is 0 Å². The Hall–Kier alpha value is -2.51. The fourth-order valence-corrected chi connectivity index (χ4v) is 2.26. The lowest BCUT2D eigenvalue weighted by Crippen LogP contribution is -2.28. The number of rotatable bonds is 4. The third-order valence-corrected chi connectivity index (χ3v) is 3.48. The number of nitrogens with one attached hydrogen (secondary N) is 2. The van der Waals surface area contributed by atoms with Crippen LogP contribution in [-0.4, -0.2) is 20.2 Å². The molecule has 0 saturated heterocycles. The first-order chi connectivity index (χ1) is 11.2. The number of nitrogens with zero attached hydrogens (tertiary/aromatic N) is 3. The van der Waals surface area contributed by atoms with E-state index in [0.29, 0.717) is 28.4 Å². The Balaban J connectivity index is 1.59. The van der Waals surface area contributed by atoms with Crippen LogP contribution in [0.3, 0.4) is 0 Å². The topological polar surface area (TPSA) is 75.9 Å². The summed E-state index contributed by atoms with van der Waals surface area (Å²) in [5.41, 5.74) is 1.52. The first-order valence-electron chi connectivity index (χ1n) is 6.75. The van der Waals surface area contributed by atoms with Gasteiger partial charge in [-0.15, -0.1) is 0 Å². The van der Waals surface area contributed by atoms with E-state index in [1.807, 2.05) is 30.3 Å². The number of thiocarbonyl (C=S) groups is 1. The molecule has 2 heterocycles. The lowest BCUT2D eigenvalue weighted by molar-refractivity contribution is 0.376. The summed E-state index contributed by atoms with van der Waals surface area (Å²) in [7, 11) is 0. The van der Waals surface area contributed by atoms with E-state index in [2.05, 4.69) is 25.8 Å². The maximum absolute atomic E-state index is 6.11. The van der Waals surface area contributed by atoms with Gasteiger partial charge in [0.15, 0.2) is 5.11 Å². The van der Waals surface area contributed by atoms with Crippen molar-refractivity contribution in [3.8, 4) is 11.4 Å². The second-order valence-electron chi connectivity index (χ2n) is 4.54. The van der Waals surface area contributed by atoms with Gasteiger partial charge >= 0.3 is 0 Å². The highest BCUT2D eigenvalue weighted by molar-refractivity contribution is 7.80. The highest BCUT2D eigenvalue weighted by Crippen LogP contribution is 2.24. The lowest BCUT2D eigenvalue weighted by Gasteiger charge is -2.07. The Labute approximate surface area is 142 Å². The van der Waals surface area contributed by atoms with Crippen LogP contribution in [0.2, 0.25) is 5.02 Å². The van der Waals surface area contributed by atoms with Crippen molar-refractivity contribution in [1.29, 1.82) is 0 Å². The van der Waals surface area contributed by atoms with Crippen LogP contribution in [0.1, 0.15) is 5.89 Å². The van der Waals surface area contributed by atoms with Crippen molar-refractivity contribution < 1.29 is 4.52 Å². The van der Waals surface area contributed by atoms with Crippen molar-refractivity contribution in [2.24, 2.45) is 0 Å². The van der Waals surface area contributed by atoms with Gasteiger partial charge in [0, 0.05) is 11.8 Å². The van der Waals surface area contributed by atoms with Gasteiger partial charge in [-0.1, -0.05) is 28.9 Å². The summed E-state index contributed by atoms with van der Waals surface area (Å²) < 4.78 is 5.19. The largest absolute Gasteiger partial charge is 0.353 e. The summed E-state index contributed by atoms with van der Waals surface area (Å²) in [5, 5.41) is 10.9. The first kappa shape index (κ1) is 15.4. The van der Waals surface area contributed by atoms with Crippen molar-refractivity contribution in [1.82, 2.24) is 20.4 Å². The maximum atomic E-state index is 6.11. The Morgan fingerprint density at radius 2 is 2.09 bits per heavy atom. The fraction of sp³-hybridized carbons (Fsp3) is 0.0667. The van der Waals surface area contributed by atoms with Gasteiger partial charge in [0.05, 0.1) is 23.5 Å². The van der Waals surface area contributed by atoms with E-state index in [1.54, 1.807) is 18.5 Å². The van der Waals surface area contributed by atoms with Crippen molar-refractivity contribution in [2.75, 3.05) is 5.32 Å². The minimum Gasteiger partial charge on any atom is -0.353 e. The average Bonchev–Trinajstić information content (AvgIpc) is 3.03. The fourth-order valence-electron chi connectivity index (χ4n) is 1.85. The number of hydrogen-bond acceptors (Lipinski definition) is 5. The summed E-state index contributed by atoms with van der Waals surface area (Å²) in [5.74, 6) is 0.855. The number of hydrogen-bond donors (Lipinski definition) is 2. The molecule has 0 saturated carbocycles. The highest BCUT2D eigenvalue weighted by Gasteiger charge is 2.11. The molecule has 0 radical (unpaired) electrons. The van der Waals surface area contributed by atoms with Crippen LogP contribution in [0.4, 0.5) is 5.69 Å². The van der Waals surface area contributed by atoms with Gasteiger partial charge in [0.2, 0.25) is 11.7 Å². The van der Waals surface area contributed by atoms with Crippen molar-refractivity contribution in [3.63, 3.8) is 0 Å². The molecule has 6 nitrogen and oxygen atoms in total. The van der Waals surface area contributed by atoms with Crippen LogP contribution in [0.25, 0.3) is 11.4 Å². The van der Waals surface area contributed by atoms with E-state index in [-0.39, 0.29) is 0 Å². The summed E-state index contributed by atoms with van der Waals surface area (Å²) in [6, 6.07) is 11.0. The number of aromatic nitrogens is 3. The molecular formula is C15H12ClN5OS. The highest BCUT2D eigenvalue weighted by atomic mass is 35.5. The summed E-state index contributed by atoms with van der Waals surface area (Å²) >= 11 is 11.3. The van der Waals surface area contributed by atoms with Gasteiger partial charge in [-0.2, -0.15) is 4.98 Å². The molecule has 3 aromatic rings. The smallest absolute Gasteiger partial charge is 0.246 e. The van der Waals surface area contributed by atoms with Crippen LogP contribution in [-0.2, 0) is 6.54 Å². The summed E-state index contributed by atoms with van der Waals surface area (Å²) in [6.07, 6.45) is 3.37. The Bertz CT molecular complexity index is 808. The standard InChI is InChI=1S/C15H12ClN5OS/c16-12-6-2-1-5-11(12)14-20-13(22-21-14)9-18-15(23)19-10-4-3-7-17-8-10/h1-8H,9H2,(H2,18,19,23). The summed E-state index contributed by atoms with van der Waals surface area (Å²) in [6.45, 7) is 0.309. The molecule has 0 aliphatic heterocycles. The number of benzene rings is 1.